The van der Waals surface area contributed by atoms with Crippen molar-refractivity contribution in [3.8, 4) is 23.6 Å². The summed E-state index contributed by atoms with van der Waals surface area (Å²) in [5, 5.41) is 18.0. The predicted molar refractivity (Wildman–Crippen MR) is 78.7 cm³/mol. The van der Waals surface area contributed by atoms with Crippen molar-refractivity contribution in [3.05, 3.63) is 53.3 Å². The van der Waals surface area contributed by atoms with Crippen molar-refractivity contribution >= 4 is 11.8 Å². The van der Waals surface area contributed by atoms with Crippen molar-refractivity contribution in [2.24, 2.45) is 0 Å². The first-order chi connectivity index (χ1) is 10.2. The fourth-order valence-electron chi connectivity index (χ4n) is 1.75. The van der Waals surface area contributed by atoms with Crippen LogP contribution in [0.15, 0.2) is 41.3 Å². The van der Waals surface area contributed by atoms with Gasteiger partial charge in [0.2, 0.25) is 0 Å². The molecule has 0 saturated carbocycles. The van der Waals surface area contributed by atoms with E-state index in [1.54, 1.807) is 12.1 Å². The van der Waals surface area contributed by atoms with Crippen LogP contribution in [0.2, 0.25) is 0 Å². The number of hydrogen-bond acceptors (Lipinski definition) is 4. The van der Waals surface area contributed by atoms with Gasteiger partial charge in [-0.15, -0.1) is 11.8 Å². The molecule has 0 atom stereocenters. The summed E-state index contributed by atoms with van der Waals surface area (Å²) >= 11 is 1.52. The average Bonchev–Trinajstić information content (AvgIpc) is 2.50. The van der Waals surface area contributed by atoms with Crippen LogP contribution in [0, 0.1) is 28.5 Å². The number of thioether (sulfide) groups is 1. The Kier molecular flexibility index (Phi) is 4.81. The third kappa shape index (κ3) is 3.34. The fourth-order valence-corrected chi connectivity index (χ4v) is 2.53. The molecule has 2 aromatic carbocycles. The molecule has 3 nitrogen and oxygen atoms in total. The van der Waals surface area contributed by atoms with Gasteiger partial charge in [0.15, 0.2) is 11.6 Å². The quantitative estimate of drug-likeness (QED) is 0.781. The van der Waals surface area contributed by atoms with Gasteiger partial charge in [-0.3, -0.25) is 0 Å². The molecule has 2 rings (SSSR count). The highest BCUT2D eigenvalue weighted by Crippen LogP contribution is 2.33. The number of rotatable bonds is 4. The third-order valence-corrected chi connectivity index (χ3v) is 3.62. The molecule has 0 radical (unpaired) electrons. The highest BCUT2D eigenvalue weighted by Gasteiger charge is 2.12. The van der Waals surface area contributed by atoms with E-state index in [2.05, 4.69) is 6.07 Å². The topological polar surface area (TPSA) is 56.8 Å². The van der Waals surface area contributed by atoms with E-state index in [1.807, 2.05) is 19.1 Å². The van der Waals surface area contributed by atoms with Crippen LogP contribution in [0.5, 0.6) is 11.5 Å². The van der Waals surface area contributed by atoms with Gasteiger partial charge in [0.25, 0.3) is 0 Å². The van der Waals surface area contributed by atoms with E-state index in [1.165, 1.54) is 23.9 Å². The predicted octanol–water partition coefficient (Wildman–Crippen LogP) is 4.47. The minimum Gasteiger partial charge on any atom is -0.453 e. The van der Waals surface area contributed by atoms with Gasteiger partial charge in [-0.2, -0.15) is 10.5 Å². The van der Waals surface area contributed by atoms with E-state index in [0.29, 0.717) is 11.3 Å². The van der Waals surface area contributed by atoms with Crippen molar-refractivity contribution in [3.63, 3.8) is 0 Å². The molecule has 104 valence electrons. The second kappa shape index (κ2) is 6.78. The van der Waals surface area contributed by atoms with Crippen LogP contribution in [0.4, 0.5) is 4.39 Å². The Bertz CT molecular complexity index is 747. The van der Waals surface area contributed by atoms with Crippen molar-refractivity contribution in [2.75, 3.05) is 5.75 Å². The average molecular weight is 298 g/mol. The Balaban J connectivity index is 2.38. The van der Waals surface area contributed by atoms with Gasteiger partial charge in [-0.1, -0.05) is 13.0 Å². The van der Waals surface area contributed by atoms with Gasteiger partial charge in [0, 0.05) is 4.90 Å². The van der Waals surface area contributed by atoms with Crippen LogP contribution in [-0.2, 0) is 0 Å². The number of benzene rings is 2. The van der Waals surface area contributed by atoms with E-state index in [9.17, 15) is 9.65 Å². The Morgan fingerprint density at radius 2 is 1.95 bits per heavy atom. The molecule has 0 amide bonds. The number of nitrogens with zero attached hydrogens (tertiary/aromatic N) is 2. The molecule has 5 heteroatoms. The Hall–Kier alpha value is -2.50. The van der Waals surface area contributed by atoms with Crippen LogP contribution in [0.25, 0.3) is 0 Å². The molecular weight excluding hydrogens is 287 g/mol. The lowest BCUT2D eigenvalue weighted by molar-refractivity contribution is 0.440. The minimum absolute atomic E-state index is 0.0100. The molecule has 0 N–H and O–H groups in total. The summed E-state index contributed by atoms with van der Waals surface area (Å²) in [5.74, 6) is 0.485. The second-order valence-corrected chi connectivity index (χ2v) is 5.34. The van der Waals surface area contributed by atoms with E-state index >= 15 is 0 Å². The molecule has 0 fully saturated rings. The first-order valence-corrected chi connectivity index (χ1v) is 7.21. The van der Waals surface area contributed by atoms with Crippen molar-refractivity contribution in [2.45, 2.75) is 11.8 Å². The smallest absolute Gasteiger partial charge is 0.167 e. The third-order valence-electron chi connectivity index (χ3n) is 2.68. The number of hydrogen-bond donors (Lipinski definition) is 0. The fraction of sp³-hybridized carbons (Fsp3) is 0.125. The Labute approximate surface area is 126 Å². The largest absolute Gasteiger partial charge is 0.453 e. The van der Waals surface area contributed by atoms with Gasteiger partial charge in [0.05, 0.1) is 11.6 Å². The first kappa shape index (κ1) is 14.9. The molecule has 0 bridgehead atoms. The highest BCUT2D eigenvalue weighted by molar-refractivity contribution is 7.99. The summed E-state index contributed by atoms with van der Waals surface area (Å²) in [6.45, 7) is 1.99. The molecule has 21 heavy (non-hydrogen) atoms. The second-order valence-electron chi connectivity index (χ2n) is 4.03. The van der Waals surface area contributed by atoms with Crippen LogP contribution >= 0.6 is 11.8 Å². The number of ether oxygens (including phenoxy) is 1. The molecule has 0 unspecified atom stereocenters. The van der Waals surface area contributed by atoms with Crippen molar-refractivity contribution < 1.29 is 9.13 Å². The van der Waals surface area contributed by atoms with Gasteiger partial charge >= 0.3 is 0 Å². The maximum absolute atomic E-state index is 13.8. The molecule has 0 spiro atoms. The van der Waals surface area contributed by atoms with Crippen LogP contribution in [0.3, 0.4) is 0 Å². The normalized spacial score (nSPS) is 9.71. The number of halogens is 1. The Morgan fingerprint density at radius 1 is 1.14 bits per heavy atom. The zero-order valence-electron chi connectivity index (χ0n) is 11.3. The molecule has 0 aliphatic rings. The summed E-state index contributed by atoms with van der Waals surface area (Å²) in [6.07, 6.45) is 0. The summed E-state index contributed by atoms with van der Waals surface area (Å²) < 4.78 is 19.3. The molecule has 0 aliphatic carbocycles. The SMILES string of the molecule is CCSc1cccc(Oc2ccc(C#N)cc2F)c1C#N. The highest BCUT2D eigenvalue weighted by atomic mass is 32.2. The van der Waals surface area contributed by atoms with Gasteiger partial charge in [-0.25, -0.2) is 4.39 Å². The van der Waals surface area contributed by atoms with Crippen molar-refractivity contribution in [1.29, 1.82) is 10.5 Å². The first-order valence-electron chi connectivity index (χ1n) is 6.23. The lowest BCUT2D eigenvalue weighted by Crippen LogP contribution is -1.93. The lowest BCUT2D eigenvalue weighted by atomic mass is 10.2. The van der Waals surface area contributed by atoms with Gasteiger partial charge in [0.1, 0.15) is 17.4 Å². The van der Waals surface area contributed by atoms with Crippen LogP contribution < -0.4 is 4.74 Å². The van der Waals surface area contributed by atoms with E-state index in [0.717, 1.165) is 16.7 Å². The molecule has 0 heterocycles. The zero-order chi connectivity index (χ0) is 15.2. The van der Waals surface area contributed by atoms with Gasteiger partial charge < -0.3 is 4.74 Å². The maximum atomic E-state index is 13.8. The van der Waals surface area contributed by atoms with Crippen LogP contribution in [0.1, 0.15) is 18.1 Å². The molecule has 0 saturated heterocycles. The standard InChI is InChI=1S/C16H11FN2OS/c1-2-21-16-5-3-4-14(12(16)10-19)20-15-7-6-11(9-18)8-13(15)17/h3-8H,2H2,1H3. The summed E-state index contributed by atoms with van der Waals surface area (Å²) in [6, 6.07) is 13.1. The summed E-state index contributed by atoms with van der Waals surface area (Å²) in [4.78, 5) is 0.798. The Morgan fingerprint density at radius 3 is 2.57 bits per heavy atom. The van der Waals surface area contributed by atoms with E-state index in [-0.39, 0.29) is 11.3 Å². The van der Waals surface area contributed by atoms with Crippen molar-refractivity contribution in [1.82, 2.24) is 0 Å². The monoisotopic (exact) mass is 298 g/mol. The molecular formula is C16H11FN2OS. The summed E-state index contributed by atoms with van der Waals surface area (Å²) in [5.41, 5.74) is 0.601. The van der Waals surface area contributed by atoms with Crippen LogP contribution in [-0.4, -0.2) is 5.75 Å². The van der Waals surface area contributed by atoms with E-state index in [4.69, 9.17) is 10.00 Å². The maximum Gasteiger partial charge on any atom is 0.167 e. The van der Waals surface area contributed by atoms with E-state index < -0.39 is 5.82 Å². The zero-order valence-corrected chi connectivity index (χ0v) is 12.1. The summed E-state index contributed by atoms with van der Waals surface area (Å²) in [7, 11) is 0. The molecule has 0 aromatic heterocycles. The lowest BCUT2D eigenvalue weighted by Gasteiger charge is -2.10. The molecule has 2 aromatic rings. The minimum atomic E-state index is -0.633. The molecule has 0 aliphatic heterocycles. The number of nitriles is 2. The van der Waals surface area contributed by atoms with Gasteiger partial charge in [-0.05, 0) is 36.1 Å².